The van der Waals surface area contributed by atoms with Crippen molar-refractivity contribution in [1.82, 2.24) is 4.90 Å². The summed E-state index contributed by atoms with van der Waals surface area (Å²) in [5.41, 5.74) is 6.89. The summed E-state index contributed by atoms with van der Waals surface area (Å²) in [4.78, 5) is 2.35. The number of hydrogen-bond donors (Lipinski definition) is 1. The lowest BCUT2D eigenvalue weighted by Gasteiger charge is -2.43. The lowest BCUT2D eigenvalue weighted by atomic mass is 9.92. The molecular weight excluding hydrogens is 295 g/mol. The zero-order valence-electron chi connectivity index (χ0n) is 12.0. The zero-order chi connectivity index (χ0) is 14.8. The summed E-state index contributed by atoms with van der Waals surface area (Å²) in [7, 11) is 1.77. The highest BCUT2D eigenvalue weighted by atomic mass is 35.5. The highest BCUT2D eigenvalue weighted by Crippen LogP contribution is 2.34. The van der Waals surface area contributed by atoms with Crippen LogP contribution in [-0.4, -0.2) is 37.2 Å². The SMILES string of the molecule is COC1(C)CCCN(C(CN)c2cc(Cl)ccc2Cl)C1. The predicted molar refractivity (Wildman–Crippen MR) is 84.5 cm³/mol. The van der Waals surface area contributed by atoms with Gasteiger partial charge in [-0.1, -0.05) is 23.2 Å². The molecule has 1 saturated heterocycles. The Morgan fingerprint density at radius 1 is 1.45 bits per heavy atom. The molecule has 2 unspecified atom stereocenters. The minimum Gasteiger partial charge on any atom is -0.377 e. The molecular formula is C15H22Cl2N2O. The van der Waals surface area contributed by atoms with Crippen LogP contribution in [0.4, 0.5) is 0 Å². The fourth-order valence-electron chi connectivity index (χ4n) is 2.92. The molecule has 0 bridgehead atoms. The highest BCUT2D eigenvalue weighted by Gasteiger charge is 2.34. The third-order valence-electron chi connectivity index (χ3n) is 4.16. The van der Waals surface area contributed by atoms with E-state index in [9.17, 15) is 0 Å². The van der Waals surface area contributed by atoms with E-state index in [2.05, 4.69) is 11.8 Å². The van der Waals surface area contributed by atoms with Gasteiger partial charge < -0.3 is 10.5 Å². The Bertz CT molecular complexity index is 469. The molecule has 20 heavy (non-hydrogen) atoms. The van der Waals surface area contributed by atoms with Crippen LogP contribution in [-0.2, 0) is 4.74 Å². The van der Waals surface area contributed by atoms with Crippen LogP contribution in [0.5, 0.6) is 0 Å². The van der Waals surface area contributed by atoms with Crippen LogP contribution in [0.25, 0.3) is 0 Å². The molecule has 1 aromatic carbocycles. The molecule has 5 heteroatoms. The van der Waals surface area contributed by atoms with Gasteiger partial charge in [0.1, 0.15) is 0 Å². The fraction of sp³-hybridized carbons (Fsp3) is 0.600. The first kappa shape index (κ1) is 16.1. The van der Waals surface area contributed by atoms with Crippen molar-refractivity contribution in [3.05, 3.63) is 33.8 Å². The number of ether oxygens (including phenoxy) is 1. The quantitative estimate of drug-likeness (QED) is 0.924. The molecule has 2 rings (SSSR count). The number of piperidine rings is 1. The van der Waals surface area contributed by atoms with E-state index in [1.165, 1.54) is 0 Å². The summed E-state index contributed by atoms with van der Waals surface area (Å²) in [5.74, 6) is 0. The third-order valence-corrected chi connectivity index (χ3v) is 4.74. The van der Waals surface area contributed by atoms with Gasteiger partial charge in [-0.3, -0.25) is 4.90 Å². The van der Waals surface area contributed by atoms with Crippen molar-refractivity contribution in [3.63, 3.8) is 0 Å². The highest BCUT2D eigenvalue weighted by molar-refractivity contribution is 6.33. The summed E-state index contributed by atoms with van der Waals surface area (Å²) < 4.78 is 5.65. The maximum atomic E-state index is 6.32. The van der Waals surface area contributed by atoms with E-state index in [1.54, 1.807) is 13.2 Å². The van der Waals surface area contributed by atoms with E-state index in [0.717, 1.165) is 36.5 Å². The third kappa shape index (κ3) is 3.46. The van der Waals surface area contributed by atoms with E-state index in [1.807, 2.05) is 12.1 Å². The van der Waals surface area contributed by atoms with Crippen molar-refractivity contribution in [2.45, 2.75) is 31.4 Å². The summed E-state index contributed by atoms with van der Waals surface area (Å²) in [5, 5.41) is 1.41. The zero-order valence-corrected chi connectivity index (χ0v) is 13.5. The van der Waals surface area contributed by atoms with Gasteiger partial charge >= 0.3 is 0 Å². The van der Waals surface area contributed by atoms with Crippen LogP contribution in [0.3, 0.4) is 0 Å². The molecule has 0 aromatic heterocycles. The van der Waals surface area contributed by atoms with Gasteiger partial charge in [-0.15, -0.1) is 0 Å². The lowest BCUT2D eigenvalue weighted by Crippen LogP contribution is -2.49. The van der Waals surface area contributed by atoms with E-state index < -0.39 is 0 Å². The summed E-state index contributed by atoms with van der Waals surface area (Å²) in [6.45, 7) is 4.52. The Balaban J connectivity index is 2.25. The van der Waals surface area contributed by atoms with Crippen LogP contribution in [0, 0.1) is 0 Å². The van der Waals surface area contributed by atoms with E-state index in [-0.39, 0.29) is 11.6 Å². The van der Waals surface area contributed by atoms with E-state index in [0.29, 0.717) is 11.6 Å². The number of methoxy groups -OCH3 is 1. The average molecular weight is 317 g/mol. The maximum Gasteiger partial charge on any atom is 0.0777 e. The van der Waals surface area contributed by atoms with Crippen LogP contribution in [0.2, 0.25) is 10.0 Å². The average Bonchev–Trinajstić information content (AvgIpc) is 2.44. The predicted octanol–water partition coefficient (Wildman–Crippen LogP) is 3.49. The summed E-state index contributed by atoms with van der Waals surface area (Å²) in [6, 6.07) is 5.63. The number of nitrogens with zero attached hydrogens (tertiary/aromatic N) is 1. The van der Waals surface area contributed by atoms with Crippen molar-refractivity contribution < 1.29 is 4.74 Å². The second-order valence-corrected chi connectivity index (χ2v) is 6.49. The van der Waals surface area contributed by atoms with Crippen LogP contribution in [0.1, 0.15) is 31.4 Å². The monoisotopic (exact) mass is 316 g/mol. The van der Waals surface area contributed by atoms with Crippen molar-refractivity contribution >= 4 is 23.2 Å². The van der Waals surface area contributed by atoms with Crippen molar-refractivity contribution in [3.8, 4) is 0 Å². The minimum atomic E-state index is -0.114. The number of hydrogen-bond acceptors (Lipinski definition) is 3. The second-order valence-electron chi connectivity index (χ2n) is 5.65. The largest absolute Gasteiger partial charge is 0.377 e. The first-order chi connectivity index (χ1) is 9.49. The number of likely N-dealkylation sites (tertiary alicyclic amines) is 1. The molecule has 112 valence electrons. The topological polar surface area (TPSA) is 38.5 Å². The van der Waals surface area contributed by atoms with Crippen molar-refractivity contribution in [2.75, 3.05) is 26.7 Å². The van der Waals surface area contributed by atoms with Gasteiger partial charge in [-0.25, -0.2) is 0 Å². The normalized spacial score (nSPS) is 25.6. The van der Waals surface area contributed by atoms with Gasteiger partial charge in [0, 0.05) is 36.3 Å². The van der Waals surface area contributed by atoms with Crippen LogP contribution < -0.4 is 5.73 Å². The van der Waals surface area contributed by atoms with Crippen molar-refractivity contribution in [1.29, 1.82) is 0 Å². The molecule has 1 heterocycles. The smallest absolute Gasteiger partial charge is 0.0777 e. The Morgan fingerprint density at radius 2 is 2.20 bits per heavy atom. The van der Waals surface area contributed by atoms with E-state index >= 15 is 0 Å². The first-order valence-electron chi connectivity index (χ1n) is 6.93. The first-order valence-corrected chi connectivity index (χ1v) is 7.69. The minimum absolute atomic E-state index is 0.0796. The van der Waals surface area contributed by atoms with Gasteiger partial charge in [0.2, 0.25) is 0 Å². The summed E-state index contributed by atoms with van der Waals surface area (Å²) in [6.07, 6.45) is 2.17. The van der Waals surface area contributed by atoms with Crippen molar-refractivity contribution in [2.24, 2.45) is 5.73 Å². The second kappa shape index (κ2) is 6.63. The Morgan fingerprint density at radius 3 is 2.85 bits per heavy atom. The molecule has 0 radical (unpaired) electrons. The van der Waals surface area contributed by atoms with Crippen LogP contribution in [0.15, 0.2) is 18.2 Å². The molecule has 1 aliphatic heterocycles. The number of halogens is 2. The van der Waals surface area contributed by atoms with Crippen LogP contribution >= 0.6 is 23.2 Å². The molecule has 2 atom stereocenters. The molecule has 1 fully saturated rings. The molecule has 1 aliphatic rings. The summed E-state index contributed by atoms with van der Waals surface area (Å²) >= 11 is 12.4. The standard InChI is InChI=1S/C15H22Cl2N2O/c1-15(20-2)6-3-7-19(10-15)14(9-18)12-8-11(16)4-5-13(12)17/h4-5,8,14H,3,6-7,9-10,18H2,1-2H3. The fourth-order valence-corrected chi connectivity index (χ4v) is 3.34. The van der Waals surface area contributed by atoms with Gasteiger partial charge in [-0.2, -0.15) is 0 Å². The molecule has 0 spiro atoms. The molecule has 1 aromatic rings. The number of nitrogens with two attached hydrogens (primary N) is 1. The molecule has 0 aliphatic carbocycles. The molecule has 3 nitrogen and oxygen atoms in total. The maximum absolute atomic E-state index is 6.32. The number of rotatable bonds is 4. The Hall–Kier alpha value is -0.320. The lowest BCUT2D eigenvalue weighted by molar-refractivity contribution is -0.0608. The number of benzene rings is 1. The van der Waals surface area contributed by atoms with Gasteiger partial charge in [0.15, 0.2) is 0 Å². The Labute approximate surface area is 131 Å². The molecule has 0 saturated carbocycles. The van der Waals surface area contributed by atoms with Gasteiger partial charge in [-0.05, 0) is 50.1 Å². The van der Waals surface area contributed by atoms with E-state index in [4.69, 9.17) is 33.7 Å². The Kier molecular flexibility index (Phi) is 5.32. The van der Waals surface area contributed by atoms with Gasteiger partial charge in [0.25, 0.3) is 0 Å². The molecule has 0 amide bonds. The van der Waals surface area contributed by atoms with Gasteiger partial charge in [0.05, 0.1) is 5.60 Å². The molecule has 2 N–H and O–H groups in total.